The van der Waals surface area contributed by atoms with Crippen molar-refractivity contribution >= 4 is 34.8 Å². The average molecular weight is 481 g/mol. The molecule has 35 heavy (non-hydrogen) atoms. The van der Waals surface area contributed by atoms with E-state index in [2.05, 4.69) is 10.2 Å². The number of anilines is 3. The lowest BCUT2D eigenvalue weighted by molar-refractivity contribution is -0.136. The van der Waals surface area contributed by atoms with Gasteiger partial charge in [0.2, 0.25) is 11.8 Å². The number of nitrogens with zero attached hydrogens (tertiary/aromatic N) is 3. The Labute approximate surface area is 205 Å². The predicted molar refractivity (Wildman–Crippen MR) is 134 cm³/mol. The third kappa shape index (κ3) is 6.51. The zero-order valence-corrected chi connectivity index (χ0v) is 20.1. The number of nitrogens with one attached hydrogen (secondary N) is 1. The summed E-state index contributed by atoms with van der Waals surface area (Å²) in [7, 11) is 0. The highest BCUT2D eigenvalue weighted by molar-refractivity contribution is 5.95. The summed E-state index contributed by atoms with van der Waals surface area (Å²) in [4.78, 5) is 42.5. The number of carbonyl (C=O) groups is 3. The molecule has 0 aliphatic carbocycles. The molecular weight excluding hydrogens is 448 g/mol. The van der Waals surface area contributed by atoms with Gasteiger partial charge in [0.15, 0.2) is 6.61 Å². The van der Waals surface area contributed by atoms with Crippen molar-refractivity contribution in [2.75, 3.05) is 67.7 Å². The fourth-order valence-electron chi connectivity index (χ4n) is 4.21. The maximum absolute atomic E-state index is 12.6. The molecule has 1 N–H and O–H groups in total. The molecule has 3 amide bonds. The molecule has 186 valence electrons. The van der Waals surface area contributed by atoms with E-state index in [1.165, 1.54) is 4.90 Å². The maximum Gasteiger partial charge on any atom is 0.260 e. The SMILES string of the molecule is CCN(CC(=O)Nc1ccc(N2CCOCC2)cc1)C(=O)COc1ccc(N2CCCC2=O)cc1. The van der Waals surface area contributed by atoms with Gasteiger partial charge in [-0.1, -0.05) is 0 Å². The van der Waals surface area contributed by atoms with Crippen molar-refractivity contribution in [2.45, 2.75) is 19.8 Å². The van der Waals surface area contributed by atoms with Crippen LogP contribution < -0.4 is 19.9 Å². The molecule has 0 aromatic heterocycles. The van der Waals surface area contributed by atoms with E-state index in [1.54, 1.807) is 17.0 Å². The number of amides is 3. The monoisotopic (exact) mass is 480 g/mol. The van der Waals surface area contributed by atoms with Crippen LogP contribution in [0.1, 0.15) is 19.8 Å². The van der Waals surface area contributed by atoms with Gasteiger partial charge in [-0.15, -0.1) is 0 Å². The first-order chi connectivity index (χ1) is 17.0. The van der Waals surface area contributed by atoms with Crippen molar-refractivity contribution in [3.63, 3.8) is 0 Å². The van der Waals surface area contributed by atoms with Crippen molar-refractivity contribution in [1.82, 2.24) is 4.90 Å². The molecule has 0 atom stereocenters. The third-order valence-electron chi connectivity index (χ3n) is 6.18. The fourth-order valence-corrected chi connectivity index (χ4v) is 4.21. The second kappa shape index (κ2) is 11.7. The maximum atomic E-state index is 12.6. The van der Waals surface area contributed by atoms with Crippen molar-refractivity contribution in [3.8, 4) is 5.75 Å². The Hall–Kier alpha value is -3.59. The van der Waals surface area contributed by atoms with Gasteiger partial charge in [-0.3, -0.25) is 14.4 Å². The van der Waals surface area contributed by atoms with Gasteiger partial charge in [0.1, 0.15) is 5.75 Å². The summed E-state index contributed by atoms with van der Waals surface area (Å²) in [5, 5.41) is 2.85. The van der Waals surface area contributed by atoms with Gasteiger partial charge in [-0.05, 0) is 61.9 Å². The standard InChI is InChI=1S/C26H32N4O5/c1-2-28(18-24(31)27-20-5-7-21(8-6-20)29-14-16-34-17-15-29)26(33)19-35-23-11-9-22(10-12-23)30-13-3-4-25(30)32/h5-12H,2-4,13-19H2,1H3,(H,27,31). The highest BCUT2D eigenvalue weighted by Crippen LogP contribution is 2.24. The second-order valence-corrected chi connectivity index (χ2v) is 8.53. The zero-order chi connectivity index (χ0) is 24.6. The van der Waals surface area contributed by atoms with Gasteiger partial charge in [0, 0.05) is 49.7 Å². The predicted octanol–water partition coefficient (Wildman–Crippen LogP) is 2.52. The number of rotatable bonds is 9. The number of benzene rings is 2. The Bertz CT molecular complexity index is 1020. The molecule has 2 aliphatic heterocycles. The van der Waals surface area contributed by atoms with E-state index in [4.69, 9.17) is 9.47 Å². The Kier molecular flexibility index (Phi) is 8.20. The number of carbonyl (C=O) groups excluding carboxylic acids is 3. The van der Waals surface area contributed by atoms with Gasteiger partial charge in [-0.25, -0.2) is 0 Å². The molecule has 2 heterocycles. The largest absolute Gasteiger partial charge is 0.484 e. The summed E-state index contributed by atoms with van der Waals surface area (Å²) in [6, 6.07) is 14.8. The normalized spacial score (nSPS) is 15.7. The molecule has 0 saturated carbocycles. The number of morpholine rings is 1. The van der Waals surface area contributed by atoms with Crippen LogP contribution >= 0.6 is 0 Å². The number of hydrogen-bond acceptors (Lipinski definition) is 6. The number of likely N-dealkylation sites (N-methyl/N-ethyl adjacent to an activating group) is 1. The second-order valence-electron chi connectivity index (χ2n) is 8.53. The minimum atomic E-state index is -0.274. The first-order valence-electron chi connectivity index (χ1n) is 12.1. The molecule has 2 fully saturated rings. The van der Waals surface area contributed by atoms with E-state index >= 15 is 0 Å². The summed E-state index contributed by atoms with van der Waals surface area (Å²) in [6.07, 6.45) is 1.44. The summed E-state index contributed by atoms with van der Waals surface area (Å²) < 4.78 is 11.0. The summed E-state index contributed by atoms with van der Waals surface area (Å²) in [5.41, 5.74) is 2.60. The van der Waals surface area contributed by atoms with Crippen LogP contribution in [0.15, 0.2) is 48.5 Å². The minimum absolute atomic E-state index is 0.0556. The Morgan fingerprint density at radius 2 is 1.69 bits per heavy atom. The lowest BCUT2D eigenvalue weighted by Gasteiger charge is -2.29. The lowest BCUT2D eigenvalue weighted by atomic mass is 10.2. The van der Waals surface area contributed by atoms with Crippen LogP contribution in [0.5, 0.6) is 5.75 Å². The molecule has 0 bridgehead atoms. The van der Waals surface area contributed by atoms with E-state index in [-0.39, 0.29) is 30.9 Å². The van der Waals surface area contributed by atoms with Gasteiger partial charge < -0.3 is 29.5 Å². The highest BCUT2D eigenvalue weighted by Gasteiger charge is 2.22. The topological polar surface area (TPSA) is 91.4 Å². The highest BCUT2D eigenvalue weighted by atomic mass is 16.5. The quantitative estimate of drug-likeness (QED) is 0.593. The summed E-state index contributed by atoms with van der Waals surface area (Å²) in [5.74, 6) is 0.122. The van der Waals surface area contributed by atoms with Crippen LogP contribution in [0.25, 0.3) is 0 Å². The molecule has 2 aliphatic rings. The van der Waals surface area contributed by atoms with Crippen molar-refractivity contribution in [1.29, 1.82) is 0 Å². The van der Waals surface area contributed by atoms with Gasteiger partial charge in [0.05, 0.1) is 19.8 Å². The fraction of sp³-hybridized carbons (Fsp3) is 0.423. The Balaban J connectivity index is 1.24. The van der Waals surface area contributed by atoms with Crippen LogP contribution in [0.3, 0.4) is 0 Å². The number of hydrogen-bond donors (Lipinski definition) is 1. The molecule has 0 radical (unpaired) electrons. The van der Waals surface area contributed by atoms with Crippen LogP contribution in [0.4, 0.5) is 17.1 Å². The third-order valence-corrected chi connectivity index (χ3v) is 6.18. The van der Waals surface area contributed by atoms with Crippen molar-refractivity contribution in [3.05, 3.63) is 48.5 Å². The molecule has 9 heteroatoms. The van der Waals surface area contributed by atoms with Gasteiger partial charge >= 0.3 is 0 Å². The van der Waals surface area contributed by atoms with E-state index < -0.39 is 0 Å². The molecule has 2 aromatic carbocycles. The molecule has 4 rings (SSSR count). The van der Waals surface area contributed by atoms with Crippen molar-refractivity contribution < 1.29 is 23.9 Å². The molecule has 9 nitrogen and oxygen atoms in total. The van der Waals surface area contributed by atoms with E-state index in [0.717, 1.165) is 37.4 Å². The number of ether oxygens (including phenoxy) is 2. The Morgan fingerprint density at radius 1 is 1.00 bits per heavy atom. The Morgan fingerprint density at radius 3 is 2.31 bits per heavy atom. The van der Waals surface area contributed by atoms with Gasteiger partial charge in [-0.2, -0.15) is 0 Å². The molecule has 0 spiro atoms. The summed E-state index contributed by atoms with van der Waals surface area (Å²) in [6.45, 7) is 5.85. The molecule has 0 unspecified atom stereocenters. The smallest absolute Gasteiger partial charge is 0.260 e. The molecule has 2 aromatic rings. The minimum Gasteiger partial charge on any atom is -0.484 e. The van der Waals surface area contributed by atoms with Gasteiger partial charge in [0.25, 0.3) is 5.91 Å². The van der Waals surface area contributed by atoms with Crippen LogP contribution in [0.2, 0.25) is 0 Å². The first kappa shape index (κ1) is 24.5. The average Bonchev–Trinajstić information content (AvgIpc) is 3.33. The van der Waals surface area contributed by atoms with Crippen LogP contribution in [-0.2, 0) is 19.1 Å². The molecular formula is C26H32N4O5. The molecule has 2 saturated heterocycles. The van der Waals surface area contributed by atoms with E-state index in [0.29, 0.717) is 37.6 Å². The lowest BCUT2D eigenvalue weighted by Crippen LogP contribution is -2.40. The zero-order valence-electron chi connectivity index (χ0n) is 20.1. The van der Waals surface area contributed by atoms with E-state index in [9.17, 15) is 14.4 Å². The van der Waals surface area contributed by atoms with E-state index in [1.807, 2.05) is 43.3 Å². The van der Waals surface area contributed by atoms with Crippen molar-refractivity contribution in [2.24, 2.45) is 0 Å². The summed E-state index contributed by atoms with van der Waals surface area (Å²) >= 11 is 0. The first-order valence-corrected chi connectivity index (χ1v) is 12.1. The van der Waals surface area contributed by atoms with Crippen LogP contribution in [0, 0.1) is 0 Å². The van der Waals surface area contributed by atoms with Crippen LogP contribution in [-0.4, -0.2) is 75.2 Å².